The van der Waals surface area contributed by atoms with Crippen molar-refractivity contribution in [3.63, 3.8) is 0 Å². The molecule has 2 amide bonds. The van der Waals surface area contributed by atoms with Crippen LogP contribution in [0.25, 0.3) is 10.2 Å². The number of carbonyl (C=O) groups is 2. The molecule has 0 spiro atoms. The second-order valence-electron chi connectivity index (χ2n) is 7.01. The summed E-state index contributed by atoms with van der Waals surface area (Å²) < 4.78 is 0.957. The standard InChI is InChI=1S/C21H24N4O5S/c22-20(27)16(10-13-6-2-1-3-7-13)24-21(28)14(17(26)12-30-25-29)11-19-23-15-8-4-5-9-18(15)31-19/h1-9,14,16-17,25-26,29H,10-12H2,(H2,22,27)(H,24,28)/t14-,16+,17?/m1/s1. The fourth-order valence-corrected chi connectivity index (χ4v) is 4.21. The number of para-hydroxylation sites is 1. The smallest absolute Gasteiger partial charge is 0.240 e. The van der Waals surface area contributed by atoms with Crippen LogP contribution < -0.4 is 16.7 Å². The van der Waals surface area contributed by atoms with Crippen LogP contribution in [0.3, 0.4) is 0 Å². The Kier molecular flexibility index (Phi) is 8.04. The van der Waals surface area contributed by atoms with Gasteiger partial charge in [-0.15, -0.1) is 11.3 Å². The molecule has 3 rings (SSSR count). The van der Waals surface area contributed by atoms with Gasteiger partial charge in [-0.1, -0.05) is 48.1 Å². The molecule has 0 fully saturated rings. The number of aliphatic hydroxyl groups is 1. The fraction of sp³-hybridized carbons (Fsp3) is 0.286. The first kappa shape index (κ1) is 22.8. The zero-order valence-corrected chi connectivity index (χ0v) is 17.4. The van der Waals surface area contributed by atoms with Gasteiger partial charge in [0.1, 0.15) is 6.04 Å². The van der Waals surface area contributed by atoms with Gasteiger partial charge in [0.15, 0.2) is 0 Å². The van der Waals surface area contributed by atoms with Crippen LogP contribution in [0.2, 0.25) is 0 Å². The van der Waals surface area contributed by atoms with E-state index in [2.05, 4.69) is 15.1 Å². The Balaban J connectivity index is 1.77. The number of nitrogens with zero attached hydrogens (tertiary/aromatic N) is 1. The van der Waals surface area contributed by atoms with Crippen molar-refractivity contribution in [3.8, 4) is 0 Å². The first-order chi connectivity index (χ1) is 15.0. The number of carbonyl (C=O) groups excluding carboxylic acids is 2. The summed E-state index contributed by atoms with van der Waals surface area (Å²) in [5.74, 6) is -2.22. The van der Waals surface area contributed by atoms with Gasteiger partial charge in [0, 0.05) is 12.8 Å². The number of rotatable bonds is 11. The Morgan fingerprint density at radius 1 is 1.10 bits per heavy atom. The number of nitrogens with two attached hydrogens (primary N) is 1. The van der Waals surface area contributed by atoms with E-state index in [1.165, 1.54) is 17.0 Å². The number of benzene rings is 2. The lowest BCUT2D eigenvalue weighted by molar-refractivity contribution is -0.158. The first-order valence-corrected chi connectivity index (χ1v) is 10.5. The maximum atomic E-state index is 13.0. The van der Waals surface area contributed by atoms with Gasteiger partial charge in [-0.05, 0) is 17.7 Å². The lowest BCUT2D eigenvalue weighted by Gasteiger charge is -2.24. The van der Waals surface area contributed by atoms with Gasteiger partial charge in [0.25, 0.3) is 0 Å². The van der Waals surface area contributed by atoms with Crippen molar-refractivity contribution < 1.29 is 24.7 Å². The van der Waals surface area contributed by atoms with Gasteiger partial charge in [-0.2, -0.15) is 0 Å². The molecule has 10 heteroatoms. The van der Waals surface area contributed by atoms with Crippen molar-refractivity contribution in [2.24, 2.45) is 11.7 Å². The summed E-state index contributed by atoms with van der Waals surface area (Å²) in [7, 11) is 0. The summed E-state index contributed by atoms with van der Waals surface area (Å²) >= 11 is 1.41. The third kappa shape index (κ3) is 6.29. The molecule has 31 heavy (non-hydrogen) atoms. The zero-order chi connectivity index (χ0) is 22.2. The molecule has 0 aliphatic heterocycles. The summed E-state index contributed by atoms with van der Waals surface area (Å²) in [5.41, 5.74) is 8.62. The second-order valence-corrected chi connectivity index (χ2v) is 8.12. The zero-order valence-electron chi connectivity index (χ0n) is 16.6. The van der Waals surface area contributed by atoms with Gasteiger partial charge in [-0.25, -0.2) is 4.98 Å². The van der Waals surface area contributed by atoms with Crippen molar-refractivity contribution in [2.45, 2.75) is 25.0 Å². The Morgan fingerprint density at radius 2 is 1.81 bits per heavy atom. The molecule has 1 heterocycles. The van der Waals surface area contributed by atoms with Crippen LogP contribution in [0.5, 0.6) is 0 Å². The highest BCUT2D eigenvalue weighted by Crippen LogP contribution is 2.25. The molecule has 0 radical (unpaired) electrons. The molecule has 0 saturated heterocycles. The summed E-state index contributed by atoms with van der Waals surface area (Å²) in [4.78, 5) is 34.1. The van der Waals surface area contributed by atoms with Crippen molar-refractivity contribution in [1.82, 2.24) is 15.9 Å². The largest absolute Gasteiger partial charge is 0.390 e. The Labute approximate surface area is 182 Å². The summed E-state index contributed by atoms with van der Waals surface area (Å²) in [6.07, 6.45) is -0.921. The monoisotopic (exact) mass is 444 g/mol. The maximum absolute atomic E-state index is 13.0. The fourth-order valence-electron chi connectivity index (χ4n) is 3.19. The van der Waals surface area contributed by atoms with Crippen molar-refractivity contribution in [3.05, 3.63) is 65.2 Å². The Hall–Kier alpha value is -2.89. The van der Waals surface area contributed by atoms with E-state index in [0.29, 0.717) is 5.01 Å². The molecule has 0 bridgehead atoms. The highest BCUT2D eigenvalue weighted by Gasteiger charge is 2.31. The molecule has 9 nitrogen and oxygen atoms in total. The van der Waals surface area contributed by atoms with Crippen LogP contribution >= 0.6 is 11.3 Å². The topological polar surface area (TPSA) is 147 Å². The highest BCUT2D eigenvalue weighted by atomic mass is 32.1. The van der Waals surface area contributed by atoms with Crippen LogP contribution in [0.4, 0.5) is 0 Å². The third-order valence-corrected chi connectivity index (χ3v) is 5.85. The van der Waals surface area contributed by atoms with E-state index in [0.717, 1.165) is 15.8 Å². The minimum Gasteiger partial charge on any atom is -0.390 e. The van der Waals surface area contributed by atoms with E-state index in [1.807, 2.05) is 54.6 Å². The predicted octanol–water partition coefficient (Wildman–Crippen LogP) is 0.939. The molecular weight excluding hydrogens is 420 g/mol. The molecule has 3 aromatic rings. The number of primary amides is 1. The van der Waals surface area contributed by atoms with E-state index < -0.39 is 29.9 Å². The molecule has 0 aliphatic rings. The minimum atomic E-state index is -1.27. The van der Waals surface area contributed by atoms with E-state index in [-0.39, 0.29) is 19.4 Å². The highest BCUT2D eigenvalue weighted by molar-refractivity contribution is 7.18. The second kappa shape index (κ2) is 10.9. The van der Waals surface area contributed by atoms with Crippen LogP contribution in [0.15, 0.2) is 54.6 Å². The maximum Gasteiger partial charge on any atom is 0.240 e. The van der Waals surface area contributed by atoms with E-state index in [9.17, 15) is 14.7 Å². The quantitative estimate of drug-likeness (QED) is 0.277. The molecular formula is C21H24N4O5S. The van der Waals surface area contributed by atoms with Gasteiger partial charge in [0.05, 0.1) is 33.9 Å². The number of thiazole rings is 1. The molecule has 164 valence electrons. The lowest BCUT2D eigenvalue weighted by atomic mass is 9.96. The summed E-state index contributed by atoms with van der Waals surface area (Å²) in [5, 5.41) is 22.4. The number of nitrogens with one attached hydrogen (secondary N) is 2. The van der Waals surface area contributed by atoms with Crippen LogP contribution in [0.1, 0.15) is 10.6 Å². The van der Waals surface area contributed by atoms with E-state index in [1.54, 1.807) is 0 Å². The van der Waals surface area contributed by atoms with Gasteiger partial charge in [-0.3, -0.25) is 19.6 Å². The molecule has 2 aromatic carbocycles. The SMILES string of the molecule is NC(=O)[C@H](Cc1ccccc1)NC(=O)[C@H](Cc1nc2ccccc2s1)C(O)CONO. The van der Waals surface area contributed by atoms with Crippen LogP contribution in [0, 0.1) is 5.92 Å². The number of hydrogen-bond acceptors (Lipinski definition) is 8. The normalized spacial score (nSPS) is 14.1. The van der Waals surface area contributed by atoms with Gasteiger partial charge in [0.2, 0.25) is 11.8 Å². The third-order valence-electron chi connectivity index (χ3n) is 4.80. The summed E-state index contributed by atoms with van der Waals surface area (Å²) in [6, 6.07) is 15.8. The molecule has 6 N–H and O–H groups in total. The number of aliphatic hydroxyl groups excluding tert-OH is 1. The number of aromatic nitrogens is 1. The predicted molar refractivity (Wildman–Crippen MR) is 115 cm³/mol. The number of hydrogen-bond donors (Lipinski definition) is 5. The average molecular weight is 445 g/mol. The average Bonchev–Trinajstić information content (AvgIpc) is 3.18. The van der Waals surface area contributed by atoms with E-state index >= 15 is 0 Å². The van der Waals surface area contributed by atoms with Gasteiger partial charge >= 0.3 is 0 Å². The Morgan fingerprint density at radius 3 is 2.48 bits per heavy atom. The molecule has 3 atom stereocenters. The minimum absolute atomic E-state index is 0.123. The number of fused-ring (bicyclic) bond motifs is 1. The van der Waals surface area contributed by atoms with Crippen LogP contribution in [-0.4, -0.2) is 45.9 Å². The van der Waals surface area contributed by atoms with Crippen molar-refractivity contribution >= 4 is 33.4 Å². The lowest BCUT2D eigenvalue weighted by Crippen LogP contribution is -2.50. The van der Waals surface area contributed by atoms with Crippen molar-refractivity contribution in [1.29, 1.82) is 0 Å². The van der Waals surface area contributed by atoms with E-state index in [4.69, 9.17) is 10.9 Å². The van der Waals surface area contributed by atoms with Gasteiger partial charge < -0.3 is 16.2 Å². The van der Waals surface area contributed by atoms with Crippen molar-refractivity contribution in [2.75, 3.05) is 6.61 Å². The number of amides is 2. The molecule has 1 unspecified atom stereocenters. The molecule has 0 aliphatic carbocycles. The summed E-state index contributed by atoms with van der Waals surface area (Å²) in [6.45, 7) is -0.348. The first-order valence-electron chi connectivity index (χ1n) is 9.65. The molecule has 1 aromatic heterocycles. The van der Waals surface area contributed by atoms with Crippen LogP contribution in [-0.2, 0) is 27.3 Å². The molecule has 0 saturated carbocycles. The Bertz CT molecular complexity index is 980.